The fourth-order valence-electron chi connectivity index (χ4n) is 0.962. The van der Waals surface area contributed by atoms with E-state index in [0.29, 0.717) is 5.69 Å². The van der Waals surface area contributed by atoms with Crippen molar-refractivity contribution in [1.29, 1.82) is 0 Å². The number of amides is 1. The van der Waals surface area contributed by atoms with Crippen LogP contribution >= 0.6 is 0 Å². The summed E-state index contributed by atoms with van der Waals surface area (Å²) < 4.78 is 4.40. The number of carbonyl (C=O) groups excluding carboxylic acids is 1. The van der Waals surface area contributed by atoms with Crippen molar-refractivity contribution in [2.45, 2.75) is 6.92 Å². The lowest BCUT2D eigenvalue weighted by molar-refractivity contribution is 0.101. The second-order valence-corrected chi connectivity index (χ2v) is 2.72. The van der Waals surface area contributed by atoms with Gasteiger partial charge in [-0.2, -0.15) is 0 Å². The van der Waals surface area contributed by atoms with Crippen LogP contribution in [0.5, 0.6) is 0 Å². The molecule has 2 aromatic rings. The number of hydrogen-bond donors (Lipinski definition) is 1. The van der Waals surface area contributed by atoms with Gasteiger partial charge in [-0.1, -0.05) is 5.16 Å². The zero-order valence-electron chi connectivity index (χ0n) is 7.84. The Morgan fingerprint density at radius 3 is 2.67 bits per heavy atom. The van der Waals surface area contributed by atoms with Crippen molar-refractivity contribution in [1.82, 2.24) is 20.3 Å². The maximum Gasteiger partial charge on any atom is 0.282 e. The summed E-state index contributed by atoms with van der Waals surface area (Å²) in [5.74, 6) is -0.232. The van der Waals surface area contributed by atoms with Crippen molar-refractivity contribution in [3.05, 3.63) is 29.8 Å². The van der Waals surface area contributed by atoms with Gasteiger partial charge in [-0.05, 0) is 18.1 Å². The normalized spacial score (nSPS) is 9.93. The third-order valence-electron chi connectivity index (χ3n) is 1.66. The predicted molar refractivity (Wildman–Crippen MR) is 49.0 cm³/mol. The molecule has 2 rings (SSSR count). The molecule has 7 heteroatoms. The first-order chi connectivity index (χ1) is 7.27. The summed E-state index contributed by atoms with van der Waals surface area (Å²) in [6.45, 7) is 1.62. The first-order valence-corrected chi connectivity index (χ1v) is 4.15. The van der Waals surface area contributed by atoms with E-state index in [4.69, 9.17) is 0 Å². The Hall–Kier alpha value is -2.31. The molecule has 15 heavy (non-hydrogen) atoms. The van der Waals surface area contributed by atoms with Gasteiger partial charge < -0.3 is 0 Å². The van der Waals surface area contributed by atoms with Crippen molar-refractivity contribution in [2.24, 2.45) is 0 Å². The van der Waals surface area contributed by atoms with Crippen LogP contribution in [0.1, 0.15) is 16.2 Å². The van der Waals surface area contributed by atoms with Gasteiger partial charge in [0.15, 0.2) is 5.69 Å². The van der Waals surface area contributed by atoms with E-state index in [-0.39, 0.29) is 11.6 Å². The first kappa shape index (κ1) is 9.25. The lowest BCUT2D eigenvalue weighted by Crippen LogP contribution is -2.15. The second kappa shape index (κ2) is 3.82. The number of anilines is 1. The van der Waals surface area contributed by atoms with Crippen molar-refractivity contribution in [3.63, 3.8) is 0 Å². The molecule has 0 saturated heterocycles. The number of carbonyl (C=O) groups is 1. The molecule has 0 aromatic carbocycles. The summed E-state index contributed by atoms with van der Waals surface area (Å²) in [6.07, 6.45) is 3.05. The van der Waals surface area contributed by atoms with Gasteiger partial charge in [-0.15, -0.1) is 0 Å². The Balaban J connectivity index is 2.15. The Labute approximate surface area is 84.5 Å². The molecule has 0 aliphatic carbocycles. The standard InChI is InChI=1S/C8H7N5O2/c1-5-6(13-15-12-5)7(14)11-8-9-3-2-4-10-8/h2-4H,1H3,(H,9,10,11,14). The molecule has 7 nitrogen and oxygen atoms in total. The smallest absolute Gasteiger partial charge is 0.282 e. The molecule has 1 amide bonds. The van der Waals surface area contributed by atoms with Gasteiger partial charge in [0.1, 0.15) is 5.69 Å². The second-order valence-electron chi connectivity index (χ2n) is 2.72. The van der Waals surface area contributed by atoms with Gasteiger partial charge in [0.25, 0.3) is 5.91 Å². The highest BCUT2D eigenvalue weighted by atomic mass is 16.6. The zero-order valence-corrected chi connectivity index (χ0v) is 7.84. The average Bonchev–Trinajstić information content (AvgIpc) is 2.66. The molecule has 76 valence electrons. The highest BCUT2D eigenvalue weighted by Crippen LogP contribution is 2.03. The van der Waals surface area contributed by atoms with E-state index in [1.807, 2.05) is 0 Å². The summed E-state index contributed by atoms with van der Waals surface area (Å²) in [6, 6.07) is 1.65. The van der Waals surface area contributed by atoms with Gasteiger partial charge in [0.05, 0.1) is 0 Å². The van der Waals surface area contributed by atoms with Gasteiger partial charge in [-0.3, -0.25) is 10.1 Å². The maximum absolute atomic E-state index is 11.5. The molecule has 0 saturated carbocycles. The summed E-state index contributed by atoms with van der Waals surface area (Å²) in [5.41, 5.74) is 0.547. The Morgan fingerprint density at radius 1 is 1.33 bits per heavy atom. The van der Waals surface area contributed by atoms with Crippen LogP contribution in [0.2, 0.25) is 0 Å². The number of rotatable bonds is 2. The first-order valence-electron chi connectivity index (χ1n) is 4.15. The van der Waals surface area contributed by atoms with Crippen LogP contribution in [0.15, 0.2) is 23.1 Å². The van der Waals surface area contributed by atoms with Crippen LogP contribution in [0.25, 0.3) is 0 Å². The molecule has 2 heterocycles. The predicted octanol–water partition coefficient (Wildman–Crippen LogP) is 0.420. The summed E-state index contributed by atoms with van der Waals surface area (Å²) >= 11 is 0. The molecule has 0 bridgehead atoms. The summed E-state index contributed by atoms with van der Waals surface area (Å²) in [7, 11) is 0. The fraction of sp³-hybridized carbons (Fsp3) is 0.125. The molecule has 0 unspecified atom stereocenters. The molecule has 0 atom stereocenters. The lowest BCUT2D eigenvalue weighted by Gasteiger charge is -1.98. The average molecular weight is 205 g/mol. The number of nitrogens with zero attached hydrogens (tertiary/aromatic N) is 4. The Morgan fingerprint density at radius 2 is 2.07 bits per heavy atom. The molecule has 2 aromatic heterocycles. The van der Waals surface area contributed by atoms with Crippen molar-refractivity contribution >= 4 is 11.9 Å². The summed E-state index contributed by atoms with van der Waals surface area (Å²) in [4.78, 5) is 19.2. The van der Waals surface area contributed by atoms with E-state index in [9.17, 15) is 4.79 Å². The fourth-order valence-corrected chi connectivity index (χ4v) is 0.962. The van der Waals surface area contributed by atoms with Crippen LogP contribution < -0.4 is 5.32 Å². The third kappa shape index (κ3) is 1.96. The van der Waals surface area contributed by atoms with Crippen LogP contribution in [0, 0.1) is 6.92 Å². The van der Waals surface area contributed by atoms with Gasteiger partial charge in [-0.25, -0.2) is 14.6 Å². The Bertz CT molecular complexity index is 467. The number of aromatic nitrogens is 4. The van der Waals surface area contributed by atoms with Crippen LogP contribution in [-0.4, -0.2) is 26.2 Å². The molecule has 0 aliphatic rings. The van der Waals surface area contributed by atoms with E-state index in [0.717, 1.165) is 0 Å². The monoisotopic (exact) mass is 205 g/mol. The van der Waals surface area contributed by atoms with Crippen molar-refractivity contribution in [2.75, 3.05) is 5.32 Å². The molecule has 0 aliphatic heterocycles. The molecule has 1 N–H and O–H groups in total. The largest absolute Gasteiger partial charge is 0.289 e. The SMILES string of the molecule is Cc1nonc1C(=O)Nc1ncccn1. The van der Waals surface area contributed by atoms with Crippen LogP contribution in [0.3, 0.4) is 0 Å². The topological polar surface area (TPSA) is 93.8 Å². The van der Waals surface area contributed by atoms with Crippen molar-refractivity contribution in [3.8, 4) is 0 Å². The number of hydrogen-bond acceptors (Lipinski definition) is 6. The van der Waals surface area contributed by atoms with Crippen LogP contribution in [0.4, 0.5) is 5.95 Å². The van der Waals surface area contributed by atoms with E-state index in [1.54, 1.807) is 13.0 Å². The highest BCUT2D eigenvalue weighted by Gasteiger charge is 2.15. The van der Waals surface area contributed by atoms with E-state index < -0.39 is 5.91 Å². The number of nitrogens with one attached hydrogen (secondary N) is 1. The van der Waals surface area contributed by atoms with Crippen LogP contribution in [-0.2, 0) is 0 Å². The summed E-state index contributed by atoms with van der Waals surface area (Å²) in [5, 5.41) is 9.41. The van der Waals surface area contributed by atoms with Gasteiger partial charge in [0, 0.05) is 12.4 Å². The van der Waals surface area contributed by atoms with Gasteiger partial charge in [0.2, 0.25) is 5.95 Å². The Kier molecular flexibility index (Phi) is 2.36. The number of aryl methyl sites for hydroxylation is 1. The third-order valence-corrected chi connectivity index (χ3v) is 1.66. The lowest BCUT2D eigenvalue weighted by atomic mass is 10.3. The molecule has 0 spiro atoms. The quantitative estimate of drug-likeness (QED) is 0.763. The molecule has 0 fully saturated rings. The van der Waals surface area contributed by atoms with E-state index in [1.165, 1.54) is 12.4 Å². The molecular weight excluding hydrogens is 198 g/mol. The minimum Gasteiger partial charge on any atom is -0.289 e. The molecular formula is C8H7N5O2. The molecule has 0 radical (unpaired) electrons. The van der Waals surface area contributed by atoms with Gasteiger partial charge >= 0.3 is 0 Å². The minimum atomic E-state index is -0.444. The zero-order chi connectivity index (χ0) is 10.7. The van der Waals surface area contributed by atoms with Crippen molar-refractivity contribution < 1.29 is 9.42 Å². The maximum atomic E-state index is 11.5. The van der Waals surface area contributed by atoms with E-state index in [2.05, 4.69) is 30.2 Å². The minimum absolute atomic E-state index is 0.127. The van der Waals surface area contributed by atoms with E-state index >= 15 is 0 Å². The highest BCUT2D eigenvalue weighted by molar-refractivity contribution is 6.02.